The Morgan fingerprint density at radius 2 is 1.83 bits per heavy atom. The van der Waals surface area contributed by atoms with Crippen molar-refractivity contribution in [3.8, 4) is 5.69 Å². The zero-order valence-electron chi connectivity index (χ0n) is 17.6. The van der Waals surface area contributed by atoms with Crippen LogP contribution in [0.1, 0.15) is 57.8 Å². The van der Waals surface area contributed by atoms with E-state index < -0.39 is 0 Å². The monoisotopic (exact) mass is 419 g/mol. The summed E-state index contributed by atoms with van der Waals surface area (Å²) in [4.78, 5) is 14.7. The highest BCUT2D eigenvalue weighted by atomic mass is 32.2. The summed E-state index contributed by atoms with van der Waals surface area (Å²) < 4.78 is 15.4. The Morgan fingerprint density at radius 3 is 2.45 bits per heavy atom. The minimum Gasteiger partial charge on any atom is -0.352 e. The summed E-state index contributed by atoms with van der Waals surface area (Å²) >= 11 is 1.38. The second-order valence-electron chi connectivity index (χ2n) is 7.90. The normalized spacial score (nSPS) is 17.3. The van der Waals surface area contributed by atoms with Gasteiger partial charge in [0.2, 0.25) is 5.91 Å². The highest BCUT2D eigenvalue weighted by molar-refractivity contribution is 8.00. The van der Waals surface area contributed by atoms with E-state index in [0.29, 0.717) is 5.16 Å². The van der Waals surface area contributed by atoms with Crippen molar-refractivity contribution in [1.29, 1.82) is 0 Å². The van der Waals surface area contributed by atoms with Gasteiger partial charge in [0, 0.05) is 11.7 Å². The second-order valence-corrected chi connectivity index (χ2v) is 9.20. The van der Waals surface area contributed by atoms with Crippen molar-refractivity contribution in [2.24, 2.45) is 0 Å². The van der Waals surface area contributed by atoms with E-state index in [1.165, 1.54) is 43.2 Å². The van der Waals surface area contributed by atoms with E-state index >= 15 is 0 Å². The second kappa shape index (κ2) is 9.71. The minimum atomic E-state index is -0.303. The van der Waals surface area contributed by atoms with Crippen molar-refractivity contribution in [3.63, 3.8) is 0 Å². The Balaban J connectivity index is 1.82. The first kappa shape index (κ1) is 21.8. The van der Waals surface area contributed by atoms with Crippen LogP contribution in [0.4, 0.5) is 4.39 Å². The molecule has 2 atom stereocenters. The Labute approximate surface area is 176 Å². The molecule has 0 aliphatic heterocycles. The third-order valence-electron chi connectivity index (χ3n) is 5.49. The van der Waals surface area contributed by atoms with Crippen LogP contribution in [0.2, 0.25) is 0 Å². The highest BCUT2D eigenvalue weighted by Gasteiger charge is 2.25. The molecule has 6 nitrogen and oxygen atoms in total. The van der Waals surface area contributed by atoms with Gasteiger partial charge >= 0.3 is 0 Å². The number of halogens is 1. The molecular weight excluding hydrogens is 389 g/mol. The lowest BCUT2D eigenvalue weighted by molar-refractivity contribution is -0.121. The first-order chi connectivity index (χ1) is 13.9. The molecule has 1 heterocycles. The van der Waals surface area contributed by atoms with Crippen molar-refractivity contribution < 1.29 is 9.18 Å². The predicted octanol–water partition coefficient (Wildman–Crippen LogP) is 3.96. The molecule has 1 aliphatic carbocycles. The standard InChI is InChI=1S/C21H30FN5OS/c1-14(26(3)4)19-24-25-21(27(19)18-12-10-16(22)11-13-18)29-15(2)20(28)23-17-8-6-5-7-9-17/h10-15,17H,5-9H2,1-4H3,(H,23,28). The smallest absolute Gasteiger partial charge is 0.233 e. The lowest BCUT2D eigenvalue weighted by atomic mass is 9.95. The van der Waals surface area contributed by atoms with Gasteiger partial charge in [-0.3, -0.25) is 14.3 Å². The maximum Gasteiger partial charge on any atom is 0.233 e. The number of benzene rings is 1. The minimum absolute atomic E-state index is 0.00766. The van der Waals surface area contributed by atoms with Crippen LogP contribution in [0, 0.1) is 5.82 Å². The van der Waals surface area contributed by atoms with E-state index in [1.807, 2.05) is 37.4 Å². The summed E-state index contributed by atoms with van der Waals surface area (Å²) in [5.74, 6) is 0.486. The molecule has 1 N–H and O–H groups in total. The molecule has 2 aromatic rings. The molecule has 1 amide bonds. The zero-order valence-corrected chi connectivity index (χ0v) is 18.4. The molecule has 29 heavy (non-hydrogen) atoms. The molecule has 0 spiro atoms. The summed E-state index contributed by atoms with van der Waals surface area (Å²) in [6, 6.07) is 6.55. The average Bonchev–Trinajstić information content (AvgIpc) is 3.12. The molecule has 1 aromatic carbocycles. The largest absolute Gasteiger partial charge is 0.352 e. The van der Waals surface area contributed by atoms with Crippen molar-refractivity contribution in [2.75, 3.05) is 14.1 Å². The van der Waals surface area contributed by atoms with Gasteiger partial charge in [0.15, 0.2) is 11.0 Å². The van der Waals surface area contributed by atoms with Gasteiger partial charge in [-0.05, 0) is 65.0 Å². The number of hydrogen-bond donors (Lipinski definition) is 1. The van der Waals surface area contributed by atoms with Crippen molar-refractivity contribution in [2.45, 2.75) is 68.4 Å². The van der Waals surface area contributed by atoms with E-state index in [9.17, 15) is 9.18 Å². The van der Waals surface area contributed by atoms with Gasteiger partial charge in [0.05, 0.1) is 11.3 Å². The fourth-order valence-corrected chi connectivity index (χ4v) is 4.35. The number of thioether (sulfide) groups is 1. The maximum atomic E-state index is 13.4. The molecule has 0 bridgehead atoms. The van der Waals surface area contributed by atoms with Gasteiger partial charge in [-0.15, -0.1) is 10.2 Å². The third kappa shape index (κ3) is 5.36. The van der Waals surface area contributed by atoms with Crippen LogP contribution in [0.25, 0.3) is 5.69 Å². The highest BCUT2D eigenvalue weighted by Crippen LogP contribution is 2.29. The molecule has 1 aliphatic rings. The maximum absolute atomic E-state index is 13.4. The number of nitrogens with one attached hydrogen (secondary N) is 1. The number of carbonyl (C=O) groups is 1. The summed E-state index contributed by atoms with van der Waals surface area (Å²) in [7, 11) is 3.95. The molecule has 1 saturated carbocycles. The van der Waals surface area contributed by atoms with E-state index in [4.69, 9.17) is 0 Å². The van der Waals surface area contributed by atoms with Crippen LogP contribution < -0.4 is 5.32 Å². The number of rotatable bonds is 7. The van der Waals surface area contributed by atoms with E-state index in [-0.39, 0.29) is 29.1 Å². The van der Waals surface area contributed by atoms with Crippen LogP contribution >= 0.6 is 11.8 Å². The number of carbonyl (C=O) groups excluding carboxylic acids is 1. The quantitative estimate of drug-likeness (QED) is 0.689. The first-order valence-corrected chi connectivity index (χ1v) is 11.1. The van der Waals surface area contributed by atoms with Gasteiger partial charge in [-0.25, -0.2) is 4.39 Å². The van der Waals surface area contributed by atoms with Gasteiger partial charge in [0.25, 0.3) is 0 Å². The van der Waals surface area contributed by atoms with E-state index in [2.05, 4.69) is 15.5 Å². The Morgan fingerprint density at radius 1 is 1.17 bits per heavy atom. The fraction of sp³-hybridized carbons (Fsp3) is 0.571. The Hall–Kier alpha value is -1.93. The van der Waals surface area contributed by atoms with E-state index in [1.54, 1.807) is 12.1 Å². The number of aromatic nitrogens is 3. The van der Waals surface area contributed by atoms with Crippen molar-refractivity contribution >= 4 is 17.7 Å². The SMILES string of the molecule is CC(Sc1nnc(C(C)N(C)C)n1-c1ccc(F)cc1)C(=O)NC1CCCCC1. The number of amides is 1. The topological polar surface area (TPSA) is 63.1 Å². The van der Waals surface area contributed by atoms with Crippen LogP contribution in [-0.4, -0.2) is 51.0 Å². The summed E-state index contributed by atoms with van der Waals surface area (Å²) in [5, 5.41) is 12.3. The summed E-state index contributed by atoms with van der Waals surface area (Å²) in [6.07, 6.45) is 5.72. The van der Waals surface area contributed by atoms with Gasteiger partial charge in [-0.2, -0.15) is 0 Å². The van der Waals surface area contributed by atoms with Crippen LogP contribution in [0.3, 0.4) is 0 Å². The van der Waals surface area contributed by atoms with Gasteiger partial charge in [-0.1, -0.05) is 31.0 Å². The number of hydrogen-bond acceptors (Lipinski definition) is 5. The van der Waals surface area contributed by atoms with E-state index in [0.717, 1.165) is 24.4 Å². The molecule has 1 fully saturated rings. The molecule has 1 aromatic heterocycles. The molecular formula is C21H30FN5OS. The molecule has 0 saturated heterocycles. The Kier molecular flexibility index (Phi) is 7.29. The molecule has 158 valence electrons. The van der Waals surface area contributed by atoms with Crippen molar-refractivity contribution in [1.82, 2.24) is 25.0 Å². The fourth-order valence-electron chi connectivity index (χ4n) is 3.47. The predicted molar refractivity (Wildman–Crippen MR) is 114 cm³/mol. The first-order valence-electron chi connectivity index (χ1n) is 10.2. The van der Waals surface area contributed by atoms with Crippen LogP contribution in [0.5, 0.6) is 0 Å². The van der Waals surface area contributed by atoms with Gasteiger partial charge in [0.1, 0.15) is 5.82 Å². The molecule has 3 rings (SSSR count). The Bertz CT molecular complexity index is 817. The summed E-state index contributed by atoms with van der Waals surface area (Å²) in [6.45, 7) is 3.93. The van der Waals surface area contributed by atoms with Crippen LogP contribution in [0.15, 0.2) is 29.4 Å². The lowest BCUT2D eigenvalue weighted by Crippen LogP contribution is -2.40. The summed E-state index contributed by atoms with van der Waals surface area (Å²) in [5.41, 5.74) is 0.780. The number of nitrogens with zero attached hydrogens (tertiary/aromatic N) is 4. The van der Waals surface area contributed by atoms with Crippen molar-refractivity contribution in [3.05, 3.63) is 35.9 Å². The zero-order chi connectivity index (χ0) is 21.0. The molecule has 8 heteroatoms. The average molecular weight is 420 g/mol. The molecule has 0 radical (unpaired) electrons. The lowest BCUT2D eigenvalue weighted by Gasteiger charge is -2.24. The third-order valence-corrected chi connectivity index (χ3v) is 6.54. The molecule has 2 unspecified atom stereocenters. The van der Waals surface area contributed by atoms with Crippen LogP contribution in [-0.2, 0) is 4.79 Å². The van der Waals surface area contributed by atoms with Gasteiger partial charge < -0.3 is 5.32 Å².